The number of thiazole rings is 1. The van der Waals surface area contributed by atoms with Crippen LogP contribution in [0.3, 0.4) is 0 Å². The maximum atomic E-state index is 5.99. The number of fused-ring (bicyclic) bond motifs is 1. The van der Waals surface area contributed by atoms with Crippen LogP contribution in [0.2, 0.25) is 0 Å². The van der Waals surface area contributed by atoms with Gasteiger partial charge in [-0.25, -0.2) is 4.98 Å². The first-order valence-electron chi connectivity index (χ1n) is 10.5. The summed E-state index contributed by atoms with van der Waals surface area (Å²) in [5.41, 5.74) is 9.17. The monoisotopic (exact) mass is 431 g/mol. The first kappa shape index (κ1) is 19.8. The Labute approximate surface area is 185 Å². The Kier molecular flexibility index (Phi) is 5.48. The van der Waals surface area contributed by atoms with Gasteiger partial charge in [-0.1, -0.05) is 30.3 Å². The maximum Gasteiger partial charge on any atom is 0.232 e. The van der Waals surface area contributed by atoms with Gasteiger partial charge in [-0.2, -0.15) is 15.0 Å². The van der Waals surface area contributed by atoms with Gasteiger partial charge in [-0.05, 0) is 50.1 Å². The van der Waals surface area contributed by atoms with Crippen LogP contribution in [0.1, 0.15) is 35.2 Å². The van der Waals surface area contributed by atoms with E-state index in [9.17, 15) is 0 Å². The van der Waals surface area contributed by atoms with Gasteiger partial charge in [-0.15, -0.1) is 11.3 Å². The van der Waals surface area contributed by atoms with Gasteiger partial charge in [0.05, 0.1) is 21.8 Å². The molecule has 3 heterocycles. The minimum Gasteiger partial charge on any atom is -0.368 e. The molecule has 0 bridgehead atoms. The van der Waals surface area contributed by atoms with Crippen molar-refractivity contribution < 1.29 is 0 Å². The summed E-state index contributed by atoms with van der Waals surface area (Å²) in [4.78, 5) is 20.6. The molecule has 1 aliphatic heterocycles. The molecule has 0 amide bonds. The summed E-state index contributed by atoms with van der Waals surface area (Å²) in [7, 11) is 0. The first-order chi connectivity index (χ1) is 15.1. The molecule has 0 spiro atoms. The van der Waals surface area contributed by atoms with Crippen LogP contribution in [0, 0.1) is 6.92 Å². The van der Waals surface area contributed by atoms with Crippen molar-refractivity contribution in [1.82, 2.24) is 24.8 Å². The van der Waals surface area contributed by atoms with Crippen LogP contribution in [0.15, 0.2) is 48.5 Å². The number of nitrogen functional groups attached to an aromatic ring is 1. The fourth-order valence-corrected chi connectivity index (χ4v) is 5.16. The predicted molar refractivity (Wildman–Crippen MR) is 126 cm³/mol. The maximum absolute atomic E-state index is 5.99. The average molecular weight is 432 g/mol. The number of hydrogen-bond acceptors (Lipinski definition) is 8. The highest BCUT2D eigenvalue weighted by molar-refractivity contribution is 7.18. The van der Waals surface area contributed by atoms with E-state index in [1.165, 1.54) is 9.71 Å². The number of likely N-dealkylation sites (tertiary alicyclic amines) is 1. The number of nitrogens with one attached hydrogen (secondary N) is 1. The number of piperidine rings is 1. The quantitative estimate of drug-likeness (QED) is 0.481. The van der Waals surface area contributed by atoms with E-state index in [0.717, 1.165) is 42.7 Å². The van der Waals surface area contributed by atoms with Gasteiger partial charge in [-0.3, -0.25) is 4.90 Å². The second kappa shape index (κ2) is 8.56. The Hall–Kier alpha value is -3.10. The van der Waals surface area contributed by atoms with Crippen molar-refractivity contribution in [3.63, 3.8) is 0 Å². The molecule has 0 saturated carbocycles. The minimum atomic E-state index is 0.237. The number of rotatable bonds is 5. The van der Waals surface area contributed by atoms with Crippen LogP contribution in [-0.2, 0) is 6.54 Å². The molecule has 0 aliphatic carbocycles. The number of benzene rings is 2. The molecule has 158 valence electrons. The molecule has 2 aromatic heterocycles. The molecular formula is C23H25N7S. The highest BCUT2D eigenvalue weighted by Crippen LogP contribution is 2.33. The largest absolute Gasteiger partial charge is 0.368 e. The molecule has 7 nitrogen and oxygen atoms in total. The highest BCUT2D eigenvalue weighted by Gasteiger charge is 2.25. The molecule has 1 aliphatic rings. The lowest BCUT2D eigenvalue weighted by atomic mass is 9.99. The van der Waals surface area contributed by atoms with E-state index in [0.29, 0.717) is 24.2 Å². The third-order valence-electron chi connectivity index (χ3n) is 5.62. The van der Waals surface area contributed by atoms with Crippen LogP contribution < -0.4 is 11.1 Å². The van der Waals surface area contributed by atoms with Crippen molar-refractivity contribution >= 4 is 39.1 Å². The normalized spacial score (nSPS) is 17.1. The van der Waals surface area contributed by atoms with E-state index in [1.807, 2.05) is 48.6 Å². The van der Waals surface area contributed by atoms with Crippen LogP contribution >= 0.6 is 11.3 Å². The summed E-state index contributed by atoms with van der Waals surface area (Å²) >= 11 is 1.81. The van der Waals surface area contributed by atoms with E-state index in [-0.39, 0.29) is 5.95 Å². The van der Waals surface area contributed by atoms with E-state index >= 15 is 0 Å². The Morgan fingerprint density at radius 1 is 1.06 bits per heavy atom. The van der Waals surface area contributed by atoms with Crippen LogP contribution in [-0.4, -0.2) is 37.9 Å². The van der Waals surface area contributed by atoms with Crippen molar-refractivity contribution in [1.29, 1.82) is 0 Å². The van der Waals surface area contributed by atoms with Crippen molar-refractivity contribution in [2.45, 2.75) is 32.2 Å². The fraction of sp³-hybridized carbons (Fsp3) is 0.304. The predicted octanol–water partition coefficient (Wildman–Crippen LogP) is 4.50. The Morgan fingerprint density at radius 2 is 1.90 bits per heavy atom. The zero-order valence-electron chi connectivity index (χ0n) is 17.5. The SMILES string of the molecule is Cc1ccccc1Nc1nc(N)nc(CN2CCC[C@@H](c3nc4ccccc4s3)C2)n1. The molecular weight excluding hydrogens is 406 g/mol. The number of nitrogens with zero attached hydrogens (tertiary/aromatic N) is 5. The molecule has 4 aromatic rings. The van der Waals surface area contributed by atoms with Crippen molar-refractivity contribution in [3.05, 3.63) is 64.9 Å². The lowest BCUT2D eigenvalue weighted by molar-refractivity contribution is 0.196. The lowest BCUT2D eigenvalue weighted by Crippen LogP contribution is -2.34. The first-order valence-corrected chi connectivity index (χ1v) is 11.4. The van der Waals surface area contributed by atoms with Gasteiger partial charge >= 0.3 is 0 Å². The molecule has 0 unspecified atom stereocenters. The van der Waals surface area contributed by atoms with Crippen LogP contribution in [0.5, 0.6) is 0 Å². The Morgan fingerprint density at radius 3 is 2.77 bits per heavy atom. The number of anilines is 3. The fourth-order valence-electron chi connectivity index (χ4n) is 4.06. The molecule has 1 atom stereocenters. The zero-order valence-corrected chi connectivity index (χ0v) is 18.3. The zero-order chi connectivity index (χ0) is 21.2. The number of aromatic nitrogens is 4. The molecule has 8 heteroatoms. The van der Waals surface area contributed by atoms with Crippen LogP contribution in [0.4, 0.5) is 17.6 Å². The molecule has 5 rings (SSSR count). The van der Waals surface area contributed by atoms with Crippen LogP contribution in [0.25, 0.3) is 10.2 Å². The molecule has 0 radical (unpaired) electrons. The smallest absolute Gasteiger partial charge is 0.232 e. The number of hydrogen-bond donors (Lipinski definition) is 2. The molecule has 1 saturated heterocycles. The third-order valence-corrected chi connectivity index (χ3v) is 6.82. The molecule has 1 fully saturated rings. The summed E-state index contributed by atoms with van der Waals surface area (Å²) in [5, 5.41) is 4.50. The second-order valence-corrected chi connectivity index (χ2v) is 9.03. The topological polar surface area (TPSA) is 92.8 Å². The Bertz CT molecular complexity index is 1170. The van der Waals surface area contributed by atoms with E-state index in [2.05, 4.69) is 43.4 Å². The van der Waals surface area contributed by atoms with Crippen molar-refractivity contribution in [2.24, 2.45) is 0 Å². The summed E-state index contributed by atoms with van der Waals surface area (Å²) in [5.74, 6) is 1.85. The van der Waals surface area contributed by atoms with E-state index in [4.69, 9.17) is 10.7 Å². The molecule has 2 aromatic carbocycles. The minimum absolute atomic E-state index is 0.237. The molecule has 31 heavy (non-hydrogen) atoms. The van der Waals surface area contributed by atoms with Gasteiger partial charge < -0.3 is 11.1 Å². The van der Waals surface area contributed by atoms with Crippen molar-refractivity contribution in [3.8, 4) is 0 Å². The van der Waals surface area contributed by atoms with Gasteiger partial charge in [0, 0.05) is 18.2 Å². The van der Waals surface area contributed by atoms with Gasteiger partial charge in [0.1, 0.15) is 5.82 Å². The third kappa shape index (κ3) is 4.50. The standard InChI is InChI=1S/C23H25N7S/c1-15-7-2-3-9-17(15)26-23-28-20(27-22(24)29-23)14-30-12-6-8-16(13-30)21-25-18-10-4-5-11-19(18)31-21/h2-5,7,9-11,16H,6,8,12-14H2,1H3,(H3,24,26,27,28,29)/t16-/m1/s1. The summed E-state index contributed by atoms with van der Waals surface area (Å²) < 4.78 is 1.26. The molecule has 3 N–H and O–H groups in total. The summed E-state index contributed by atoms with van der Waals surface area (Å²) in [6.45, 7) is 4.67. The van der Waals surface area contributed by atoms with Gasteiger partial charge in [0.25, 0.3) is 0 Å². The van der Waals surface area contributed by atoms with E-state index in [1.54, 1.807) is 0 Å². The Balaban J connectivity index is 1.31. The van der Waals surface area contributed by atoms with Gasteiger partial charge in [0.15, 0.2) is 0 Å². The second-order valence-electron chi connectivity index (χ2n) is 7.97. The van der Waals surface area contributed by atoms with Gasteiger partial charge in [0.2, 0.25) is 11.9 Å². The highest BCUT2D eigenvalue weighted by atomic mass is 32.1. The number of para-hydroxylation sites is 2. The summed E-state index contributed by atoms with van der Waals surface area (Å²) in [6.07, 6.45) is 2.30. The summed E-state index contributed by atoms with van der Waals surface area (Å²) in [6, 6.07) is 16.4. The number of aryl methyl sites for hydroxylation is 1. The van der Waals surface area contributed by atoms with E-state index < -0.39 is 0 Å². The lowest BCUT2D eigenvalue weighted by Gasteiger charge is -2.31. The number of nitrogens with two attached hydrogens (primary N) is 1. The van der Waals surface area contributed by atoms with Crippen molar-refractivity contribution in [2.75, 3.05) is 24.1 Å². The average Bonchev–Trinajstić information content (AvgIpc) is 3.20.